The van der Waals surface area contributed by atoms with Gasteiger partial charge in [-0.2, -0.15) is 5.10 Å². The molecule has 112 valence electrons. The van der Waals surface area contributed by atoms with E-state index in [2.05, 4.69) is 22.3 Å². The quantitative estimate of drug-likeness (QED) is 0.938. The minimum absolute atomic E-state index is 0.0297. The molecule has 1 amide bonds. The van der Waals surface area contributed by atoms with Crippen LogP contribution < -0.4 is 0 Å². The Kier molecular flexibility index (Phi) is 3.77. The van der Waals surface area contributed by atoms with Gasteiger partial charge >= 0.3 is 0 Å². The van der Waals surface area contributed by atoms with Gasteiger partial charge in [0.15, 0.2) is 5.69 Å². The first kappa shape index (κ1) is 13.9. The van der Waals surface area contributed by atoms with Gasteiger partial charge in [0.25, 0.3) is 5.91 Å². The molecule has 3 heterocycles. The maximum absolute atomic E-state index is 12.4. The van der Waals surface area contributed by atoms with Crippen LogP contribution in [0, 0.1) is 19.8 Å². The number of aryl methyl sites for hydroxylation is 2. The van der Waals surface area contributed by atoms with E-state index in [1.807, 2.05) is 11.1 Å². The molecular formula is C15H20N4O2. The molecule has 0 saturated carbocycles. The molecule has 0 aliphatic carbocycles. The predicted octanol–water partition coefficient (Wildman–Crippen LogP) is 2.11. The summed E-state index contributed by atoms with van der Waals surface area (Å²) in [6, 6.07) is 1.70. The molecule has 0 aromatic carbocycles. The summed E-state index contributed by atoms with van der Waals surface area (Å²) in [7, 11) is 0. The fraction of sp³-hybridized carbons (Fsp3) is 0.533. The molecular weight excluding hydrogens is 268 g/mol. The number of amides is 1. The van der Waals surface area contributed by atoms with Gasteiger partial charge in [-0.05, 0) is 44.6 Å². The van der Waals surface area contributed by atoms with Crippen molar-refractivity contribution in [2.75, 3.05) is 13.1 Å². The van der Waals surface area contributed by atoms with Crippen LogP contribution in [-0.4, -0.2) is 39.3 Å². The van der Waals surface area contributed by atoms with Crippen LogP contribution in [0.15, 0.2) is 16.8 Å². The monoisotopic (exact) mass is 288 g/mol. The summed E-state index contributed by atoms with van der Waals surface area (Å²) in [5.41, 5.74) is 2.77. The third-order valence-corrected chi connectivity index (χ3v) is 4.08. The molecule has 1 aliphatic heterocycles. The highest BCUT2D eigenvalue weighted by Gasteiger charge is 2.26. The first-order valence-corrected chi connectivity index (χ1v) is 7.35. The number of carbonyl (C=O) groups excluding carboxylic acids is 1. The normalized spacial score (nSPS) is 19.0. The molecule has 21 heavy (non-hydrogen) atoms. The first-order valence-electron chi connectivity index (χ1n) is 7.35. The van der Waals surface area contributed by atoms with E-state index in [1.165, 1.54) is 11.3 Å². The van der Waals surface area contributed by atoms with Gasteiger partial charge in [-0.1, -0.05) is 5.16 Å². The van der Waals surface area contributed by atoms with Gasteiger partial charge in [0.1, 0.15) is 5.76 Å². The number of nitrogens with one attached hydrogen (secondary N) is 1. The van der Waals surface area contributed by atoms with E-state index in [-0.39, 0.29) is 5.91 Å². The Balaban J connectivity index is 1.65. The van der Waals surface area contributed by atoms with E-state index in [1.54, 1.807) is 13.0 Å². The third kappa shape index (κ3) is 2.99. The molecule has 0 bridgehead atoms. The zero-order chi connectivity index (χ0) is 14.8. The zero-order valence-corrected chi connectivity index (χ0v) is 12.4. The average molecular weight is 288 g/mol. The van der Waals surface area contributed by atoms with Crippen LogP contribution in [0.3, 0.4) is 0 Å². The second kappa shape index (κ2) is 5.71. The summed E-state index contributed by atoms with van der Waals surface area (Å²) in [6.07, 6.45) is 4.95. The van der Waals surface area contributed by atoms with Crippen molar-refractivity contribution in [3.05, 3.63) is 35.0 Å². The lowest BCUT2D eigenvalue weighted by Crippen LogP contribution is -2.40. The van der Waals surface area contributed by atoms with Crippen molar-refractivity contribution in [3.63, 3.8) is 0 Å². The molecule has 3 rings (SSSR count). The minimum Gasteiger partial charge on any atom is -0.361 e. The van der Waals surface area contributed by atoms with Gasteiger partial charge in [-0.15, -0.1) is 0 Å². The Labute approximate surface area is 123 Å². The SMILES string of the molecule is Cc1cc(C(=O)N2CCC[C@H](Cc3[nH]ncc3C)C2)no1. The van der Waals surface area contributed by atoms with Crippen LogP contribution >= 0.6 is 0 Å². The van der Waals surface area contributed by atoms with Crippen molar-refractivity contribution in [2.45, 2.75) is 33.1 Å². The lowest BCUT2D eigenvalue weighted by atomic mass is 9.92. The van der Waals surface area contributed by atoms with E-state index in [0.717, 1.165) is 32.4 Å². The van der Waals surface area contributed by atoms with Crippen molar-refractivity contribution in [1.82, 2.24) is 20.3 Å². The number of piperidine rings is 1. The van der Waals surface area contributed by atoms with Crippen LogP contribution in [0.2, 0.25) is 0 Å². The summed E-state index contributed by atoms with van der Waals surface area (Å²) in [4.78, 5) is 14.3. The van der Waals surface area contributed by atoms with Gasteiger partial charge in [0, 0.05) is 24.8 Å². The largest absolute Gasteiger partial charge is 0.361 e. The summed E-state index contributed by atoms with van der Waals surface area (Å²) in [6.45, 7) is 5.42. The standard InChI is InChI=1S/C15H20N4O2/c1-10-8-16-17-13(10)7-12-4-3-5-19(9-12)15(20)14-6-11(2)21-18-14/h6,8,12H,3-5,7,9H2,1-2H3,(H,16,17)/t12-/m1/s1. The Morgan fingerprint density at radius 3 is 3.05 bits per heavy atom. The first-order chi connectivity index (χ1) is 10.1. The summed E-state index contributed by atoms with van der Waals surface area (Å²) >= 11 is 0. The van der Waals surface area contributed by atoms with E-state index >= 15 is 0 Å². The molecule has 1 saturated heterocycles. The van der Waals surface area contributed by atoms with Crippen molar-refractivity contribution in [2.24, 2.45) is 5.92 Å². The van der Waals surface area contributed by atoms with Crippen molar-refractivity contribution in [1.29, 1.82) is 0 Å². The number of likely N-dealkylation sites (tertiary alicyclic amines) is 1. The molecule has 1 aliphatic rings. The van der Waals surface area contributed by atoms with E-state index in [4.69, 9.17) is 4.52 Å². The van der Waals surface area contributed by atoms with E-state index < -0.39 is 0 Å². The van der Waals surface area contributed by atoms with Crippen LogP contribution in [0.1, 0.15) is 40.3 Å². The fourth-order valence-electron chi connectivity index (χ4n) is 2.91. The number of aromatic nitrogens is 3. The fourth-order valence-corrected chi connectivity index (χ4v) is 2.91. The number of carbonyl (C=O) groups is 1. The second-order valence-corrected chi connectivity index (χ2v) is 5.82. The molecule has 0 unspecified atom stereocenters. The molecule has 0 radical (unpaired) electrons. The third-order valence-electron chi connectivity index (χ3n) is 4.08. The maximum atomic E-state index is 12.4. The molecule has 2 aromatic heterocycles. The summed E-state index contributed by atoms with van der Waals surface area (Å²) in [5.74, 6) is 1.10. The number of rotatable bonds is 3. The molecule has 2 aromatic rings. The zero-order valence-electron chi connectivity index (χ0n) is 12.4. The van der Waals surface area contributed by atoms with Crippen LogP contribution in [0.25, 0.3) is 0 Å². The van der Waals surface area contributed by atoms with Gasteiger partial charge in [-0.3, -0.25) is 9.89 Å². The number of hydrogen-bond donors (Lipinski definition) is 1. The molecule has 1 N–H and O–H groups in total. The van der Waals surface area contributed by atoms with Crippen LogP contribution in [-0.2, 0) is 6.42 Å². The van der Waals surface area contributed by atoms with Gasteiger partial charge in [-0.25, -0.2) is 0 Å². The van der Waals surface area contributed by atoms with Crippen molar-refractivity contribution < 1.29 is 9.32 Å². The lowest BCUT2D eigenvalue weighted by Gasteiger charge is -2.32. The highest BCUT2D eigenvalue weighted by molar-refractivity contribution is 5.92. The molecule has 6 heteroatoms. The summed E-state index contributed by atoms with van der Waals surface area (Å²) < 4.78 is 4.99. The molecule has 0 spiro atoms. The molecule has 1 atom stereocenters. The Morgan fingerprint density at radius 1 is 1.52 bits per heavy atom. The van der Waals surface area contributed by atoms with Gasteiger partial charge in [0.2, 0.25) is 0 Å². The second-order valence-electron chi connectivity index (χ2n) is 5.82. The smallest absolute Gasteiger partial charge is 0.276 e. The number of H-pyrrole nitrogens is 1. The number of aromatic amines is 1. The molecule has 1 fully saturated rings. The van der Waals surface area contributed by atoms with Crippen LogP contribution in [0.5, 0.6) is 0 Å². The topological polar surface area (TPSA) is 75.0 Å². The van der Waals surface area contributed by atoms with Crippen molar-refractivity contribution >= 4 is 5.91 Å². The van der Waals surface area contributed by atoms with E-state index in [0.29, 0.717) is 17.4 Å². The average Bonchev–Trinajstić information content (AvgIpc) is 3.08. The lowest BCUT2D eigenvalue weighted by molar-refractivity contribution is 0.0662. The Bertz CT molecular complexity index is 631. The highest BCUT2D eigenvalue weighted by Crippen LogP contribution is 2.22. The predicted molar refractivity (Wildman–Crippen MR) is 76.9 cm³/mol. The van der Waals surface area contributed by atoms with Crippen molar-refractivity contribution in [3.8, 4) is 0 Å². The van der Waals surface area contributed by atoms with Crippen LogP contribution in [0.4, 0.5) is 0 Å². The van der Waals surface area contributed by atoms with Gasteiger partial charge < -0.3 is 9.42 Å². The Morgan fingerprint density at radius 2 is 2.38 bits per heavy atom. The number of nitrogens with zero attached hydrogens (tertiary/aromatic N) is 3. The highest BCUT2D eigenvalue weighted by atomic mass is 16.5. The van der Waals surface area contributed by atoms with Gasteiger partial charge in [0.05, 0.1) is 6.20 Å². The maximum Gasteiger partial charge on any atom is 0.276 e. The summed E-state index contributed by atoms with van der Waals surface area (Å²) in [5, 5.41) is 10.9. The minimum atomic E-state index is -0.0297. The Hall–Kier alpha value is -2.11. The number of hydrogen-bond acceptors (Lipinski definition) is 4. The molecule has 6 nitrogen and oxygen atoms in total. The van der Waals surface area contributed by atoms with E-state index in [9.17, 15) is 4.79 Å².